The van der Waals surface area contributed by atoms with E-state index in [9.17, 15) is 18.4 Å². The summed E-state index contributed by atoms with van der Waals surface area (Å²) in [7, 11) is 0. The summed E-state index contributed by atoms with van der Waals surface area (Å²) in [5.74, 6) is -2.41. The van der Waals surface area contributed by atoms with Crippen LogP contribution in [-0.2, 0) is 4.74 Å². The minimum Gasteiger partial charge on any atom is -0.444 e. The van der Waals surface area contributed by atoms with Gasteiger partial charge in [0.15, 0.2) is 11.6 Å². The molecule has 24 heavy (non-hydrogen) atoms. The average molecular weight is 340 g/mol. The van der Waals surface area contributed by atoms with Crippen LogP contribution in [0.5, 0.6) is 0 Å². The molecule has 0 saturated carbocycles. The second-order valence-electron chi connectivity index (χ2n) is 6.92. The molecule has 1 aliphatic rings. The number of nitrogens with zero attached hydrogens (tertiary/aromatic N) is 1. The lowest BCUT2D eigenvalue weighted by molar-refractivity contribution is 0.0288. The summed E-state index contributed by atoms with van der Waals surface area (Å²) in [4.78, 5) is 25.5. The van der Waals surface area contributed by atoms with Crippen molar-refractivity contribution in [3.05, 3.63) is 35.4 Å². The number of likely N-dealkylation sites (tertiary alicyclic amines) is 1. The number of benzene rings is 1. The molecule has 132 valence electrons. The molecule has 0 aliphatic carbocycles. The average Bonchev–Trinajstić information content (AvgIpc) is 2.95. The molecule has 1 aromatic rings. The molecular weight excluding hydrogens is 318 g/mol. The number of rotatable bonds is 3. The van der Waals surface area contributed by atoms with Gasteiger partial charge < -0.3 is 15.0 Å². The molecule has 0 radical (unpaired) electrons. The van der Waals surface area contributed by atoms with Crippen LogP contribution in [-0.4, -0.2) is 42.1 Å². The van der Waals surface area contributed by atoms with E-state index >= 15 is 0 Å². The van der Waals surface area contributed by atoms with Gasteiger partial charge in [-0.3, -0.25) is 4.79 Å². The van der Waals surface area contributed by atoms with E-state index in [-0.39, 0.29) is 17.6 Å². The van der Waals surface area contributed by atoms with Crippen molar-refractivity contribution in [2.24, 2.45) is 5.92 Å². The zero-order chi connectivity index (χ0) is 17.9. The zero-order valence-corrected chi connectivity index (χ0v) is 14.1. The highest BCUT2D eigenvalue weighted by Gasteiger charge is 2.29. The molecular formula is C17H22F2N2O3. The van der Waals surface area contributed by atoms with E-state index in [2.05, 4.69) is 5.32 Å². The number of hydrogen-bond donors (Lipinski definition) is 1. The topological polar surface area (TPSA) is 58.6 Å². The summed E-state index contributed by atoms with van der Waals surface area (Å²) in [6.45, 7) is 6.84. The van der Waals surface area contributed by atoms with Crippen LogP contribution in [0.3, 0.4) is 0 Å². The summed E-state index contributed by atoms with van der Waals surface area (Å²) < 4.78 is 31.3. The van der Waals surface area contributed by atoms with Crippen molar-refractivity contribution in [3.8, 4) is 0 Å². The quantitative estimate of drug-likeness (QED) is 0.920. The van der Waals surface area contributed by atoms with Crippen LogP contribution in [0.1, 0.15) is 37.6 Å². The highest BCUT2D eigenvalue weighted by molar-refractivity contribution is 5.94. The summed E-state index contributed by atoms with van der Waals surface area (Å²) in [5.41, 5.74) is -0.480. The van der Waals surface area contributed by atoms with E-state index in [1.54, 1.807) is 25.7 Å². The SMILES string of the molecule is CC(C)(C)OC(=O)N1CC[C@@H](CNC(=O)c2ccc(F)c(F)c2)C1. The third kappa shape index (κ3) is 4.91. The molecule has 0 spiro atoms. The Morgan fingerprint density at radius 3 is 2.62 bits per heavy atom. The van der Waals surface area contributed by atoms with E-state index in [0.717, 1.165) is 18.6 Å². The van der Waals surface area contributed by atoms with Crippen LogP contribution in [0.15, 0.2) is 18.2 Å². The van der Waals surface area contributed by atoms with Gasteiger partial charge in [0.05, 0.1) is 0 Å². The van der Waals surface area contributed by atoms with Crippen LogP contribution in [0.25, 0.3) is 0 Å². The van der Waals surface area contributed by atoms with E-state index in [0.29, 0.717) is 19.6 Å². The van der Waals surface area contributed by atoms with Gasteiger partial charge in [0.2, 0.25) is 0 Å². The summed E-state index contributed by atoms with van der Waals surface area (Å²) in [6, 6.07) is 3.02. The lowest BCUT2D eigenvalue weighted by Gasteiger charge is -2.24. The number of amides is 2. The number of carbonyl (C=O) groups is 2. The molecule has 1 aliphatic heterocycles. The fourth-order valence-electron chi connectivity index (χ4n) is 2.47. The number of hydrogen-bond acceptors (Lipinski definition) is 3. The van der Waals surface area contributed by atoms with Crippen molar-refractivity contribution >= 4 is 12.0 Å². The molecule has 2 rings (SSSR count). The number of nitrogens with one attached hydrogen (secondary N) is 1. The van der Waals surface area contributed by atoms with Crippen molar-refractivity contribution in [1.29, 1.82) is 0 Å². The van der Waals surface area contributed by atoms with Crippen LogP contribution in [0, 0.1) is 17.6 Å². The van der Waals surface area contributed by atoms with Crippen molar-refractivity contribution in [1.82, 2.24) is 10.2 Å². The molecule has 0 unspecified atom stereocenters. The first kappa shape index (κ1) is 18.2. The Morgan fingerprint density at radius 1 is 1.29 bits per heavy atom. The number of halogens is 2. The van der Waals surface area contributed by atoms with E-state index in [4.69, 9.17) is 4.74 Å². The Balaban J connectivity index is 1.82. The van der Waals surface area contributed by atoms with Crippen molar-refractivity contribution < 1.29 is 23.1 Å². The maximum atomic E-state index is 13.1. The van der Waals surface area contributed by atoms with E-state index in [1.165, 1.54) is 6.07 Å². The maximum absolute atomic E-state index is 13.1. The third-order valence-corrected chi connectivity index (χ3v) is 3.67. The first-order valence-corrected chi connectivity index (χ1v) is 7.87. The van der Waals surface area contributed by atoms with Gasteiger partial charge in [-0.05, 0) is 51.3 Å². The van der Waals surface area contributed by atoms with Gasteiger partial charge in [-0.1, -0.05) is 0 Å². The zero-order valence-electron chi connectivity index (χ0n) is 14.1. The molecule has 2 amide bonds. The Labute approximate surface area is 140 Å². The molecule has 1 fully saturated rings. The molecule has 5 nitrogen and oxygen atoms in total. The largest absolute Gasteiger partial charge is 0.444 e. The molecule has 1 atom stereocenters. The maximum Gasteiger partial charge on any atom is 0.410 e. The van der Waals surface area contributed by atoms with Gasteiger partial charge in [0.1, 0.15) is 5.60 Å². The lowest BCUT2D eigenvalue weighted by atomic mass is 10.1. The Kier molecular flexibility index (Phi) is 5.41. The van der Waals surface area contributed by atoms with Crippen LogP contribution < -0.4 is 5.32 Å². The van der Waals surface area contributed by atoms with Gasteiger partial charge in [0.25, 0.3) is 5.91 Å². The summed E-state index contributed by atoms with van der Waals surface area (Å²) in [6.07, 6.45) is 0.383. The summed E-state index contributed by atoms with van der Waals surface area (Å²) >= 11 is 0. The van der Waals surface area contributed by atoms with Crippen molar-refractivity contribution in [3.63, 3.8) is 0 Å². The first-order valence-electron chi connectivity index (χ1n) is 7.87. The predicted molar refractivity (Wildman–Crippen MR) is 84.6 cm³/mol. The number of ether oxygens (including phenoxy) is 1. The lowest BCUT2D eigenvalue weighted by Crippen LogP contribution is -2.36. The third-order valence-electron chi connectivity index (χ3n) is 3.67. The molecule has 7 heteroatoms. The fraction of sp³-hybridized carbons (Fsp3) is 0.529. The first-order chi connectivity index (χ1) is 11.2. The smallest absolute Gasteiger partial charge is 0.410 e. The Hall–Kier alpha value is -2.18. The molecule has 1 heterocycles. The molecule has 0 bridgehead atoms. The van der Waals surface area contributed by atoms with Gasteiger partial charge >= 0.3 is 6.09 Å². The second-order valence-corrected chi connectivity index (χ2v) is 6.92. The Bertz CT molecular complexity index is 629. The van der Waals surface area contributed by atoms with E-state index < -0.39 is 23.1 Å². The highest BCUT2D eigenvalue weighted by Crippen LogP contribution is 2.19. The monoisotopic (exact) mass is 340 g/mol. The summed E-state index contributed by atoms with van der Waals surface area (Å²) in [5, 5.41) is 2.69. The molecule has 1 N–H and O–H groups in total. The fourth-order valence-corrected chi connectivity index (χ4v) is 2.47. The van der Waals surface area contributed by atoms with Gasteiger partial charge in [-0.25, -0.2) is 13.6 Å². The van der Waals surface area contributed by atoms with E-state index in [1.807, 2.05) is 0 Å². The normalized spacial score (nSPS) is 17.7. The van der Waals surface area contributed by atoms with Crippen LogP contribution >= 0.6 is 0 Å². The minimum absolute atomic E-state index is 0.0656. The predicted octanol–water partition coefficient (Wildman–Crippen LogP) is 2.95. The molecule has 1 saturated heterocycles. The molecule has 0 aromatic heterocycles. The van der Waals surface area contributed by atoms with Gasteiger partial charge in [-0.2, -0.15) is 0 Å². The van der Waals surface area contributed by atoms with Crippen molar-refractivity contribution in [2.75, 3.05) is 19.6 Å². The standard InChI is InChI=1S/C17H22F2N2O3/c1-17(2,3)24-16(23)21-7-6-11(10-21)9-20-15(22)12-4-5-13(18)14(19)8-12/h4-5,8,11H,6-7,9-10H2,1-3H3,(H,20,22)/t11-/m0/s1. The van der Waals surface area contributed by atoms with Crippen molar-refractivity contribution in [2.45, 2.75) is 32.8 Å². The Morgan fingerprint density at radius 2 is 2.00 bits per heavy atom. The molecule has 1 aromatic carbocycles. The van der Waals surface area contributed by atoms with Gasteiger partial charge in [-0.15, -0.1) is 0 Å². The van der Waals surface area contributed by atoms with Crippen LogP contribution in [0.4, 0.5) is 13.6 Å². The number of carbonyl (C=O) groups excluding carboxylic acids is 2. The van der Waals surface area contributed by atoms with Gasteiger partial charge in [0, 0.05) is 25.2 Å². The second kappa shape index (κ2) is 7.15. The highest BCUT2D eigenvalue weighted by atomic mass is 19.2. The van der Waals surface area contributed by atoms with Crippen LogP contribution in [0.2, 0.25) is 0 Å². The minimum atomic E-state index is -1.06.